The average Bonchev–Trinajstić information content (AvgIpc) is 2.03. The van der Waals surface area contributed by atoms with Gasteiger partial charge in [0.25, 0.3) is 0 Å². The van der Waals surface area contributed by atoms with E-state index in [-0.39, 0.29) is 6.42 Å². The Kier molecular flexibility index (Phi) is 5.45. The van der Waals surface area contributed by atoms with E-state index in [1.807, 2.05) is 0 Å². The quantitative estimate of drug-likeness (QED) is 0.288. The maximum Gasteiger partial charge on any atom is 0.384 e. The van der Waals surface area contributed by atoms with Gasteiger partial charge in [0.2, 0.25) is 0 Å². The maximum absolute atomic E-state index is 10.4. The molecule has 12 heavy (non-hydrogen) atoms. The third kappa shape index (κ3) is 6.62. The zero-order valence-corrected chi connectivity index (χ0v) is 6.79. The van der Waals surface area contributed by atoms with E-state index in [9.17, 15) is 9.59 Å². The van der Waals surface area contributed by atoms with Crippen LogP contribution in [0.1, 0.15) is 19.3 Å². The number of unbranched alkanes of at least 4 members (excludes halogenated alkanes) is 1. The van der Waals surface area contributed by atoms with E-state index in [0.717, 1.165) is 0 Å². The molecule has 0 spiro atoms. The smallest absolute Gasteiger partial charge is 0.384 e. The van der Waals surface area contributed by atoms with E-state index in [1.165, 1.54) is 7.11 Å². The van der Waals surface area contributed by atoms with Gasteiger partial charge in [0.05, 0.1) is 7.11 Å². The lowest BCUT2D eigenvalue weighted by Gasteiger charge is -1.87. The van der Waals surface area contributed by atoms with Crippen molar-refractivity contribution in [3.8, 4) is 11.8 Å². The van der Waals surface area contributed by atoms with E-state index >= 15 is 0 Å². The number of carbonyl (C=O) groups is 2. The topological polar surface area (TPSA) is 63.6 Å². The molecule has 0 bridgehead atoms. The normalized spacial score (nSPS) is 8.08. The van der Waals surface area contributed by atoms with Gasteiger partial charge in [-0.1, -0.05) is 5.92 Å². The fourth-order valence-electron chi connectivity index (χ4n) is 0.514. The van der Waals surface area contributed by atoms with Gasteiger partial charge < -0.3 is 9.84 Å². The zero-order valence-electron chi connectivity index (χ0n) is 6.79. The summed E-state index contributed by atoms with van der Waals surface area (Å²) in [6, 6.07) is 0. The van der Waals surface area contributed by atoms with Crippen molar-refractivity contribution >= 4 is 11.9 Å². The van der Waals surface area contributed by atoms with Gasteiger partial charge in [-0.15, -0.1) is 0 Å². The van der Waals surface area contributed by atoms with Gasteiger partial charge >= 0.3 is 11.9 Å². The van der Waals surface area contributed by atoms with Crippen LogP contribution in [-0.2, 0) is 14.3 Å². The fraction of sp³-hybridized carbons (Fsp3) is 0.500. The number of hydrogen-bond donors (Lipinski definition) is 1. The summed E-state index contributed by atoms with van der Waals surface area (Å²) >= 11 is 0. The first-order valence-corrected chi connectivity index (χ1v) is 3.45. The minimum Gasteiger partial charge on any atom is -0.481 e. The van der Waals surface area contributed by atoms with Crippen molar-refractivity contribution in [3.63, 3.8) is 0 Å². The highest BCUT2D eigenvalue weighted by Crippen LogP contribution is 1.92. The van der Waals surface area contributed by atoms with Crippen LogP contribution in [0.25, 0.3) is 0 Å². The number of methoxy groups -OCH3 is 1. The molecule has 0 aliphatic carbocycles. The molecule has 66 valence electrons. The molecule has 4 heteroatoms. The number of carbonyl (C=O) groups excluding carboxylic acids is 1. The van der Waals surface area contributed by atoms with E-state index in [0.29, 0.717) is 12.8 Å². The van der Waals surface area contributed by atoms with Crippen molar-refractivity contribution in [1.29, 1.82) is 0 Å². The molecule has 0 fully saturated rings. The molecule has 0 radical (unpaired) electrons. The first kappa shape index (κ1) is 10.5. The summed E-state index contributed by atoms with van der Waals surface area (Å²) in [5, 5.41) is 8.23. The zero-order chi connectivity index (χ0) is 9.40. The molecule has 4 nitrogen and oxygen atoms in total. The molecule has 0 heterocycles. The lowest BCUT2D eigenvalue weighted by Crippen LogP contribution is -1.95. The van der Waals surface area contributed by atoms with Crippen molar-refractivity contribution in [1.82, 2.24) is 0 Å². The molecule has 0 unspecified atom stereocenters. The summed E-state index contributed by atoms with van der Waals surface area (Å²) in [7, 11) is 1.24. The number of ether oxygens (including phenoxy) is 1. The second-order valence-corrected chi connectivity index (χ2v) is 2.04. The van der Waals surface area contributed by atoms with Gasteiger partial charge in [0.15, 0.2) is 0 Å². The number of carboxylic acid groups (broad SMARTS) is 1. The molecule has 0 aliphatic heterocycles. The third-order valence-corrected chi connectivity index (χ3v) is 1.07. The minimum atomic E-state index is -0.852. The molecule has 0 amide bonds. The Hall–Kier alpha value is -1.50. The van der Waals surface area contributed by atoms with Crippen molar-refractivity contribution < 1.29 is 19.4 Å². The fourth-order valence-corrected chi connectivity index (χ4v) is 0.514. The number of aliphatic carboxylic acids is 1. The van der Waals surface area contributed by atoms with Crippen LogP contribution in [0, 0.1) is 11.8 Å². The van der Waals surface area contributed by atoms with E-state index in [2.05, 4.69) is 16.6 Å². The summed E-state index contributed by atoms with van der Waals surface area (Å²) in [4.78, 5) is 20.4. The standard InChI is InChI=1S/C8H10O4/c1-12-8(11)6-4-2-3-5-7(9)10/h2-3,5H2,1H3,(H,9,10). The summed E-state index contributed by atoms with van der Waals surface area (Å²) in [6.07, 6.45) is 0.941. The van der Waals surface area contributed by atoms with Gasteiger partial charge in [-0.05, 0) is 6.42 Å². The van der Waals surface area contributed by atoms with E-state index in [4.69, 9.17) is 5.11 Å². The minimum absolute atomic E-state index is 0.0792. The number of carboxylic acids is 1. The molecule has 0 atom stereocenters. The molecular weight excluding hydrogens is 160 g/mol. The first-order chi connectivity index (χ1) is 5.66. The van der Waals surface area contributed by atoms with Crippen LogP contribution in [0.3, 0.4) is 0 Å². The van der Waals surface area contributed by atoms with Crippen LogP contribution in [-0.4, -0.2) is 24.2 Å². The van der Waals surface area contributed by atoms with Crippen LogP contribution >= 0.6 is 0 Å². The maximum atomic E-state index is 10.4. The lowest BCUT2D eigenvalue weighted by molar-refractivity contribution is -0.137. The number of hydrogen-bond acceptors (Lipinski definition) is 3. The van der Waals surface area contributed by atoms with Crippen LogP contribution < -0.4 is 0 Å². The largest absolute Gasteiger partial charge is 0.481 e. The molecule has 0 aromatic rings. The Balaban J connectivity index is 3.46. The van der Waals surface area contributed by atoms with Crippen molar-refractivity contribution in [2.45, 2.75) is 19.3 Å². The highest BCUT2D eigenvalue weighted by molar-refractivity contribution is 5.88. The summed E-state index contributed by atoms with van der Waals surface area (Å²) in [6.45, 7) is 0. The Morgan fingerprint density at radius 1 is 1.50 bits per heavy atom. The van der Waals surface area contributed by atoms with Gasteiger partial charge in [-0.2, -0.15) is 0 Å². The SMILES string of the molecule is COC(=O)C#CCCCC(=O)O. The Labute approximate surface area is 70.5 Å². The second kappa shape index (κ2) is 6.23. The molecule has 1 N–H and O–H groups in total. The van der Waals surface area contributed by atoms with Crippen molar-refractivity contribution in [2.24, 2.45) is 0 Å². The predicted molar refractivity (Wildman–Crippen MR) is 41.3 cm³/mol. The Morgan fingerprint density at radius 2 is 2.17 bits per heavy atom. The summed E-state index contributed by atoms with van der Waals surface area (Å²) in [5.74, 6) is 3.26. The lowest BCUT2D eigenvalue weighted by atomic mass is 10.2. The highest BCUT2D eigenvalue weighted by atomic mass is 16.5. The Morgan fingerprint density at radius 3 is 2.67 bits per heavy atom. The number of esters is 1. The molecule has 0 saturated heterocycles. The van der Waals surface area contributed by atoms with Gasteiger partial charge in [0, 0.05) is 18.8 Å². The molecule has 0 aromatic carbocycles. The molecule has 0 rings (SSSR count). The third-order valence-electron chi connectivity index (χ3n) is 1.07. The Bertz CT molecular complexity index is 221. The van der Waals surface area contributed by atoms with Crippen LogP contribution in [0.5, 0.6) is 0 Å². The highest BCUT2D eigenvalue weighted by Gasteiger charge is 1.94. The molecule has 0 aromatic heterocycles. The monoisotopic (exact) mass is 170 g/mol. The van der Waals surface area contributed by atoms with Crippen LogP contribution in [0.4, 0.5) is 0 Å². The van der Waals surface area contributed by atoms with Crippen molar-refractivity contribution in [3.05, 3.63) is 0 Å². The van der Waals surface area contributed by atoms with Gasteiger partial charge in [-0.25, -0.2) is 4.79 Å². The van der Waals surface area contributed by atoms with Crippen molar-refractivity contribution in [2.75, 3.05) is 7.11 Å². The summed E-state index contributed by atoms with van der Waals surface area (Å²) < 4.78 is 4.25. The molecular formula is C8H10O4. The molecule has 0 aliphatic rings. The average molecular weight is 170 g/mol. The van der Waals surface area contributed by atoms with Crippen LogP contribution in [0.15, 0.2) is 0 Å². The van der Waals surface area contributed by atoms with Gasteiger partial charge in [0.1, 0.15) is 0 Å². The number of rotatable bonds is 3. The van der Waals surface area contributed by atoms with Crippen LogP contribution in [0.2, 0.25) is 0 Å². The second-order valence-electron chi connectivity index (χ2n) is 2.04. The first-order valence-electron chi connectivity index (χ1n) is 3.45. The van der Waals surface area contributed by atoms with E-state index in [1.54, 1.807) is 0 Å². The summed E-state index contributed by atoms with van der Waals surface area (Å²) in [5.41, 5.74) is 0. The van der Waals surface area contributed by atoms with Gasteiger partial charge in [-0.3, -0.25) is 4.79 Å². The molecule has 0 saturated carbocycles. The van der Waals surface area contributed by atoms with E-state index < -0.39 is 11.9 Å². The predicted octanol–water partition coefficient (Wildman–Crippen LogP) is 0.418.